The normalized spacial score (nSPS) is 21.2. The number of nitrogens with zero attached hydrogens (tertiary/aromatic N) is 1. The highest BCUT2D eigenvalue weighted by molar-refractivity contribution is 5.81. The van der Waals surface area contributed by atoms with Crippen LogP contribution in [-0.4, -0.2) is 43.4 Å². The number of hydrogen-bond donors (Lipinski definition) is 1. The standard InChI is InChI=1S/C13H18N2O5/c1-2-12(17)19-7-8-20-13(18)15-11-5-3-10(4-6-11)14-9-16/h2,10-11H,1,3-8H2,(H,15,18). The van der Waals surface area contributed by atoms with Gasteiger partial charge in [0, 0.05) is 12.1 Å². The number of carbonyl (C=O) groups is 2. The first-order valence-electron chi connectivity index (χ1n) is 6.45. The van der Waals surface area contributed by atoms with E-state index < -0.39 is 12.1 Å². The van der Waals surface area contributed by atoms with Crippen LogP contribution >= 0.6 is 0 Å². The Morgan fingerprint density at radius 2 is 1.90 bits per heavy atom. The Balaban J connectivity index is 2.12. The Kier molecular flexibility index (Phi) is 7.06. The van der Waals surface area contributed by atoms with Crippen molar-refractivity contribution in [3.05, 3.63) is 12.7 Å². The topological polar surface area (TPSA) is 94.1 Å². The zero-order chi connectivity index (χ0) is 14.8. The Bertz CT molecular complexity index is 396. The van der Waals surface area contributed by atoms with E-state index in [0.717, 1.165) is 31.8 Å². The van der Waals surface area contributed by atoms with Crippen LogP contribution in [-0.2, 0) is 19.1 Å². The van der Waals surface area contributed by atoms with E-state index in [1.54, 1.807) is 6.08 Å². The molecule has 0 aromatic rings. The molecule has 1 saturated carbocycles. The van der Waals surface area contributed by atoms with E-state index in [2.05, 4.69) is 21.6 Å². The Morgan fingerprint density at radius 3 is 2.50 bits per heavy atom. The summed E-state index contributed by atoms with van der Waals surface area (Å²) in [5.41, 5.74) is 0. The van der Waals surface area contributed by atoms with E-state index >= 15 is 0 Å². The maximum absolute atomic E-state index is 11.5. The van der Waals surface area contributed by atoms with Crippen LogP contribution in [0.1, 0.15) is 25.7 Å². The minimum Gasteiger partial charge on any atom is -0.459 e. The van der Waals surface area contributed by atoms with Gasteiger partial charge in [-0.1, -0.05) is 6.58 Å². The number of nitrogens with one attached hydrogen (secondary N) is 1. The first-order valence-corrected chi connectivity index (χ1v) is 6.45. The second kappa shape index (κ2) is 8.87. The summed E-state index contributed by atoms with van der Waals surface area (Å²) in [6.45, 7) is 3.24. The van der Waals surface area contributed by atoms with Gasteiger partial charge in [-0.15, -0.1) is 0 Å². The number of alkyl carbamates (subject to hydrolysis) is 1. The van der Waals surface area contributed by atoms with E-state index in [1.165, 1.54) is 0 Å². The van der Waals surface area contributed by atoms with Crippen LogP contribution in [0.4, 0.5) is 4.79 Å². The summed E-state index contributed by atoms with van der Waals surface area (Å²) in [6.07, 6.45) is 5.05. The quantitative estimate of drug-likeness (QED) is 0.259. The molecule has 1 N–H and O–H groups in total. The molecule has 0 bridgehead atoms. The van der Waals surface area contributed by atoms with Crippen LogP contribution < -0.4 is 5.32 Å². The van der Waals surface area contributed by atoms with E-state index in [0.29, 0.717) is 0 Å². The van der Waals surface area contributed by atoms with Crippen LogP contribution in [0.2, 0.25) is 0 Å². The van der Waals surface area contributed by atoms with Gasteiger partial charge in [0.05, 0.1) is 6.04 Å². The molecule has 7 heteroatoms. The number of carbonyl (C=O) groups excluding carboxylic acids is 3. The van der Waals surface area contributed by atoms with Crippen molar-refractivity contribution in [1.82, 2.24) is 5.32 Å². The Hall–Kier alpha value is -2.14. The van der Waals surface area contributed by atoms with E-state index in [4.69, 9.17) is 4.74 Å². The molecule has 0 aliphatic heterocycles. The van der Waals surface area contributed by atoms with Crippen LogP contribution in [0.25, 0.3) is 0 Å². The molecule has 110 valence electrons. The number of ether oxygens (including phenoxy) is 2. The summed E-state index contributed by atoms with van der Waals surface area (Å²) in [5.74, 6) is -0.553. The summed E-state index contributed by atoms with van der Waals surface area (Å²) >= 11 is 0. The Morgan fingerprint density at radius 1 is 1.25 bits per heavy atom. The van der Waals surface area contributed by atoms with Crippen molar-refractivity contribution in [2.75, 3.05) is 13.2 Å². The van der Waals surface area contributed by atoms with E-state index in [-0.39, 0.29) is 25.3 Å². The van der Waals surface area contributed by atoms with Crippen molar-refractivity contribution in [3.63, 3.8) is 0 Å². The summed E-state index contributed by atoms with van der Waals surface area (Å²) in [6, 6.07) is 0.0382. The molecule has 1 aliphatic rings. The molecule has 1 aliphatic carbocycles. The monoisotopic (exact) mass is 282 g/mol. The van der Waals surface area contributed by atoms with Crippen molar-refractivity contribution in [1.29, 1.82) is 0 Å². The first-order chi connectivity index (χ1) is 9.65. The van der Waals surface area contributed by atoms with Crippen molar-refractivity contribution >= 4 is 18.1 Å². The van der Waals surface area contributed by atoms with Gasteiger partial charge in [0.1, 0.15) is 13.2 Å². The van der Waals surface area contributed by atoms with Crippen molar-refractivity contribution in [3.8, 4) is 0 Å². The molecule has 0 spiro atoms. The molecule has 0 aromatic carbocycles. The lowest BCUT2D eigenvalue weighted by molar-refractivity contribution is -0.138. The highest BCUT2D eigenvalue weighted by Crippen LogP contribution is 2.20. The largest absolute Gasteiger partial charge is 0.459 e. The average Bonchev–Trinajstić information content (AvgIpc) is 2.45. The van der Waals surface area contributed by atoms with E-state index in [9.17, 15) is 14.4 Å². The highest BCUT2D eigenvalue weighted by atomic mass is 16.6. The number of amides is 1. The predicted octanol–water partition coefficient (Wildman–Crippen LogP) is 1.09. The van der Waals surface area contributed by atoms with Crippen LogP contribution in [0.15, 0.2) is 17.6 Å². The lowest BCUT2D eigenvalue weighted by Gasteiger charge is -2.25. The molecule has 20 heavy (non-hydrogen) atoms. The number of isocyanates is 1. The highest BCUT2D eigenvalue weighted by Gasteiger charge is 2.22. The summed E-state index contributed by atoms with van der Waals surface area (Å²) in [4.78, 5) is 36.0. The number of hydrogen-bond acceptors (Lipinski definition) is 6. The second-order valence-corrected chi connectivity index (χ2v) is 4.38. The molecule has 0 heterocycles. The van der Waals surface area contributed by atoms with Crippen LogP contribution in [0, 0.1) is 0 Å². The Labute approximate surface area is 117 Å². The number of rotatable bonds is 6. The van der Waals surface area contributed by atoms with Crippen LogP contribution in [0.5, 0.6) is 0 Å². The molecular formula is C13H18N2O5. The fourth-order valence-electron chi connectivity index (χ4n) is 1.97. The van der Waals surface area contributed by atoms with Gasteiger partial charge in [-0.3, -0.25) is 0 Å². The molecular weight excluding hydrogens is 264 g/mol. The molecule has 1 rings (SSSR count). The van der Waals surface area contributed by atoms with Gasteiger partial charge in [0.25, 0.3) is 0 Å². The molecule has 0 aromatic heterocycles. The lowest BCUT2D eigenvalue weighted by Crippen LogP contribution is -2.39. The van der Waals surface area contributed by atoms with Crippen LogP contribution in [0.3, 0.4) is 0 Å². The van der Waals surface area contributed by atoms with Gasteiger partial charge in [-0.25, -0.2) is 19.4 Å². The smallest absolute Gasteiger partial charge is 0.407 e. The van der Waals surface area contributed by atoms with E-state index in [1.807, 2.05) is 0 Å². The fraction of sp³-hybridized carbons (Fsp3) is 0.615. The van der Waals surface area contributed by atoms with Gasteiger partial charge in [0.2, 0.25) is 6.08 Å². The summed E-state index contributed by atoms with van der Waals surface area (Å²) < 4.78 is 9.53. The third-order valence-corrected chi connectivity index (χ3v) is 2.98. The number of aliphatic imine (C=N–C) groups is 1. The van der Waals surface area contributed by atoms with Gasteiger partial charge >= 0.3 is 12.1 Å². The maximum Gasteiger partial charge on any atom is 0.407 e. The SMILES string of the molecule is C=CC(=O)OCCOC(=O)NC1CCC(N=C=O)CC1. The predicted molar refractivity (Wildman–Crippen MR) is 69.8 cm³/mol. The number of esters is 1. The van der Waals surface area contributed by atoms with Gasteiger partial charge in [-0.05, 0) is 25.7 Å². The minimum atomic E-state index is -0.553. The molecule has 7 nitrogen and oxygen atoms in total. The lowest BCUT2D eigenvalue weighted by atomic mass is 9.92. The molecule has 0 radical (unpaired) electrons. The average molecular weight is 282 g/mol. The minimum absolute atomic E-state index is 0.000929. The molecule has 1 amide bonds. The second-order valence-electron chi connectivity index (χ2n) is 4.38. The molecule has 0 atom stereocenters. The summed E-state index contributed by atoms with van der Waals surface area (Å²) in [7, 11) is 0. The molecule has 0 unspecified atom stereocenters. The van der Waals surface area contributed by atoms with Crippen molar-refractivity contribution in [2.24, 2.45) is 4.99 Å². The molecule has 1 fully saturated rings. The zero-order valence-corrected chi connectivity index (χ0v) is 11.2. The third kappa shape index (κ3) is 6.15. The maximum atomic E-state index is 11.5. The fourth-order valence-corrected chi connectivity index (χ4v) is 1.97. The zero-order valence-electron chi connectivity index (χ0n) is 11.2. The third-order valence-electron chi connectivity index (χ3n) is 2.98. The van der Waals surface area contributed by atoms with Gasteiger partial charge < -0.3 is 14.8 Å². The van der Waals surface area contributed by atoms with Crippen molar-refractivity contribution < 1.29 is 23.9 Å². The van der Waals surface area contributed by atoms with Gasteiger partial charge in [0.15, 0.2) is 0 Å². The molecule has 0 saturated heterocycles. The first kappa shape index (κ1) is 15.9. The summed E-state index contributed by atoms with van der Waals surface area (Å²) in [5, 5.41) is 2.72. The van der Waals surface area contributed by atoms with Crippen molar-refractivity contribution in [2.45, 2.75) is 37.8 Å². The van der Waals surface area contributed by atoms with Gasteiger partial charge in [-0.2, -0.15) is 0 Å².